The summed E-state index contributed by atoms with van der Waals surface area (Å²) in [7, 11) is 1.54. The standard InChI is InChI=1S/C17H19N5O2/c1-18-16(23)11-19-12-17(24)20-13-7-9-15(10-8-13)22-21-14-5-3-2-4-6-14/h2-10,19H,11-12H2,1H3,(H,18,23)(H,20,24). The maximum absolute atomic E-state index is 11.7. The van der Waals surface area contributed by atoms with Gasteiger partial charge in [0.1, 0.15) is 0 Å². The Labute approximate surface area is 140 Å². The molecule has 2 aromatic carbocycles. The van der Waals surface area contributed by atoms with E-state index in [2.05, 4.69) is 26.2 Å². The summed E-state index contributed by atoms with van der Waals surface area (Å²) in [5.74, 6) is -0.395. The number of nitrogens with zero attached hydrogens (tertiary/aromatic N) is 2. The highest BCUT2D eigenvalue weighted by Gasteiger charge is 2.03. The van der Waals surface area contributed by atoms with Gasteiger partial charge in [0.2, 0.25) is 11.8 Å². The van der Waals surface area contributed by atoms with Crippen molar-refractivity contribution < 1.29 is 9.59 Å². The summed E-state index contributed by atoms with van der Waals surface area (Å²) in [5, 5.41) is 16.2. The molecule has 0 unspecified atom stereocenters. The van der Waals surface area contributed by atoms with Crippen LogP contribution in [0.25, 0.3) is 0 Å². The summed E-state index contributed by atoms with van der Waals surface area (Å²) in [5.41, 5.74) is 2.12. The average Bonchev–Trinajstić information content (AvgIpc) is 2.62. The van der Waals surface area contributed by atoms with Crippen LogP contribution < -0.4 is 16.0 Å². The Morgan fingerprint density at radius 2 is 1.42 bits per heavy atom. The summed E-state index contributed by atoms with van der Waals surface area (Å²) in [6, 6.07) is 16.5. The summed E-state index contributed by atoms with van der Waals surface area (Å²) in [6.45, 7) is 0.158. The van der Waals surface area contributed by atoms with E-state index in [0.717, 1.165) is 5.69 Å². The monoisotopic (exact) mass is 325 g/mol. The lowest BCUT2D eigenvalue weighted by Gasteiger charge is -2.06. The predicted octanol–water partition coefficient (Wildman–Crippen LogP) is 2.38. The Balaban J connectivity index is 1.82. The number of likely N-dealkylation sites (N-methyl/N-ethyl adjacent to an activating group) is 1. The van der Waals surface area contributed by atoms with E-state index in [-0.39, 0.29) is 24.9 Å². The number of rotatable bonds is 7. The number of hydrogen-bond acceptors (Lipinski definition) is 5. The molecule has 2 amide bonds. The molecular formula is C17H19N5O2. The van der Waals surface area contributed by atoms with Crippen molar-refractivity contribution >= 4 is 28.9 Å². The molecule has 0 saturated carbocycles. The van der Waals surface area contributed by atoms with Gasteiger partial charge in [-0.3, -0.25) is 14.9 Å². The van der Waals surface area contributed by atoms with E-state index < -0.39 is 0 Å². The highest BCUT2D eigenvalue weighted by molar-refractivity contribution is 5.92. The Hall–Kier alpha value is -3.06. The van der Waals surface area contributed by atoms with Gasteiger partial charge >= 0.3 is 0 Å². The molecule has 124 valence electrons. The molecule has 0 aliphatic carbocycles. The normalized spacial score (nSPS) is 10.5. The van der Waals surface area contributed by atoms with Gasteiger partial charge in [0.05, 0.1) is 24.5 Å². The van der Waals surface area contributed by atoms with Crippen molar-refractivity contribution in [1.82, 2.24) is 10.6 Å². The third-order valence-electron chi connectivity index (χ3n) is 3.04. The second kappa shape index (κ2) is 9.16. The Morgan fingerprint density at radius 3 is 2.04 bits per heavy atom. The van der Waals surface area contributed by atoms with Crippen LogP contribution in [0, 0.1) is 0 Å². The lowest BCUT2D eigenvalue weighted by Crippen LogP contribution is -2.36. The van der Waals surface area contributed by atoms with Gasteiger partial charge in [0.25, 0.3) is 0 Å². The summed E-state index contributed by atoms with van der Waals surface area (Å²) in [4.78, 5) is 22.8. The first-order valence-electron chi connectivity index (χ1n) is 7.45. The largest absolute Gasteiger partial charge is 0.358 e. The van der Waals surface area contributed by atoms with Crippen LogP contribution in [0.5, 0.6) is 0 Å². The Kier molecular flexibility index (Phi) is 6.60. The van der Waals surface area contributed by atoms with E-state index in [1.807, 2.05) is 30.3 Å². The molecule has 7 nitrogen and oxygen atoms in total. The van der Waals surface area contributed by atoms with E-state index in [9.17, 15) is 9.59 Å². The van der Waals surface area contributed by atoms with E-state index >= 15 is 0 Å². The summed E-state index contributed by atoms with van der Waals surface area (Å²) in [6.07, 6.45) is 0. The topological polar surface area (TPSA) is 95.0 Å². The quantitative estimate of drug-likeness (QED) is 0.682. The molecule has 0 aliphatic heterocycles. The van der Waals surface area contributed by atoms with Crippen molar-refractivity contribution in [2.75, 3.05) is 25.5 Å². The zero-order valence-corrected chi connectivity index (χ0v) is 13.3. The molecule has 3 N–H and O–H groups in total. The van der Waals surface area contributed by atoms with E-state index in [0.29, 0.717) is 11.4 Å². The number of carbonyl (C=O) groups is 2. The zero-order valence-electron chi connectivity index (χ0n) is 13.3. The molecule has 0 aromatic heterocycles. The predicted molar refractivity (Wildman–Crippen MR) is 92.6 cm³/mol. The summed E-state index contributed by atoms with van der Waals surface area (Å²) >= 11 is 0. The molecule has 7 heteroatoms. The number of benzene rings is 2. The van der Waals surface area contributed by atoms with Crippen molar-refractivity contribution in [2.45, 2.75) is 0 Å². The van der Waals surface area contributed by atoms with Crippen molar-refractivity contribution in [1.29, 1.82) is 0 Å². The second-order valence-corrected chi connectivity index (χ2v) is 4.91. The van der Waals surface area contributed by atoms with Gasteiger partial charge in [-0.25, -0.2) is 0 Å². The number of azo groups is 1. The molecule has 0 atom stereocenters. The first-order chi connectivity index (χ1) is 11.7. The van der Waals surface area contributed by atoms with Crippen LogP contribution in [-0.2, 0) is 9.59 Å². The number of amides is 2. The van der Waals surface area contributed by atoms with Crippen molar-refractivity contribution in [3.8, 4) is 0 Å². The number of anilines is 1. The summed E-state index contributed by atoms with van der Waals surface area (Å²) < 4.78 is 0. The molecule has 0 aliphatic rings. The first kappa shape index (κ1) is 17.3. The van der Waals surface area contributed by atoms with Gasteiger partial charge in [-0.15, -0.1) is 0 Å². The number of nitrogens with one attached hydrogen (secondary N) is 3. The number of hydrogen-bond donors (Lipinski definition) is 3. The molecule has 0 fully saturated rings. The molecule has 24 heavy (non-hydrogen) atoms. The van der Waals surface area contributed by atoms with Crippen LogP contribution in [0.3, 0.4) is 0 Å². The molecule has 2 aromatic rings. The first-order valence-corrected chi connectivity index (χ1v) is 7.45. The van der Waals surface area contributed by atoms with Crippen LogP contribution >= 0.6 is 0 Å². The highest BCUT2D eigenvalue weighted by atomic mass is 16.2. The van der Waals surface area contributed by atoms with E-state index in [1.54, 1.807) is 31.3 Å². The van der Waals surface area contributed by atoms with Crippen LogP contribution in [0.15, 0.2) is 64.8 Å². The van der Waals surface area contributed by atoms with Gasteiger partial charge in [-0.05, 0) is 36.4 Å². The van der Waals surface area contributed by atoms with Crippen LogP contribution in [-0.4, -0.2) is 32.0 Å². The molecule has 0 saturated heterocycles. The van der Waals surface area contributed by atoms with Crippen molar-refractivity contribution in [3.05, 3.63) is 54.6 Å². The van der Waals surface area contributed by atoms with Gasteiger partial charge in [0, 0.05) is 12.7 Å². The van der Waals surface area contributed by atoms with E-state index in [4.69, 9.17) is 0 Å². The molecule has 2 rings (SSSR count). The minimum Gasteiger partial charge on any atom is -0.358 e. The average molecular weight is 325 g/mol. The minimum atomic E-state index is -0.224. The molecular weight excluding hydrogens is 306 g/mol. The Bertz CT molecular complexity index is 699. The maximum Gasteiger partial charge on any atom is 0.238 e. The zero-order chi connectivity index (χ0) is 17.2. The second-order valence-electron chi connectivity index (χ2n) is 4.91. The third kappa shape index (κ3) is 5.98. The fourth-order valence-electron chi connectivity index (χ4n) is 1.80. The fourth-order valence-corrected chi connectivity index (χ4v) is 1.80. The van der Waals surface area contributed by atoms with Crippen LogP contribution in [0.1, 0.15) is 0 Å². The third-order valence-corrected chi connectivity index (χ3v) is 3.04. The minimum absolute atomic E-state index is 0.0584. The highest BCUT2D eigenvalue weighted by Crippen LogP contribution is 2.19. The molecule has 0 radical (unpaired) electrons. The molecule has 0 heterocycles. The van der Waals surface area contributed by atoms with Gasteiger partial charge in [-0.1, -0.05) is 18.2 Å². The smallest absolute Gasteiger partial charge is 0.238 e. The lowest BCUT2D eigenvalue weighted by molar-refractivity contribution is -0.119. The van der Waals surface area contributed by atoms with Crippen LogP contribution in [0.4, 0.5) is 17.1 Å². The lowest BCUT2D eigenvalue weighted by atomic mass is 10.3. The Morgan fingerprint density at radius 1 is 0.833 bits per heavy atom. The number of carbonyl (C=O) groups excluding carboxylic acids is 2. The SMILES string of the molecule is CNC(=O)CNCC(=O)Nc1ccc(N=Nc2ccccc2)cc1. The van der Waals surface area contributed by atoms with Crippen molar-refractivity contribution in [3.63, 3.8) is 0 Å². The van der Waals surface area contributed by atoms with E-state index in [1.165, 1.54) is 0 Å². The maximum atomic E-state index is 11.7. The van der Waals surface area contributed by atoms with Gasteiger partial charge < -0.3 is 10.6 Å². The van der Waals surface area contributed by atoms with Crippen LogP contribution in [0.2, 0.25) is 0 Å². The van der Waals surface area contributed by atoms with Crippen molar-refractivity contribution in [2.24, 2.45) is 10.2 Å². The molecule has 0 bridgehead atoms. The molecule has 0 spiro atoms. The fraction of sp³-hybridized carbons (Fsp3) is 0.176. The van der Waals surface area contributed by atoms with Gasteiger partial charge in [-0.2, -0.15) is 10.2 Å². The van der Waals surface area contributed by atoms with Gasteiger partial charge in [0.15, 0.2) is 0 Å².